The van der Waals surface area contributed by atoms with Crippen molar-refractivity contribution in [1.29, 1.82) is 0 Å². The number of hydrogen-bond acceptors (Lipinski definition) is 6. The number of carbonyl (C=O) groups excluding carboxylic acids is 1. The predicted octanol–water partition coefficient (Wildman–Crippen LogP) is 4.50. The van der Waals surface area contributed by atoms with Crippen molar-refractivity contribution in [1.82, 2.24) is 4.57 Å². The first-order valence-corrected chi connectivity index (χ1v) is 13.1. The molecule has 1 aliphatic heterocycles. The standard InChI is InChI=1S/C31H26N2O4S/c1-3-19-37-24-17-15-21(16-18-24)20-25-29(34)33-28(23-13-9-6-10-14-23)26(30(35)36-4-2)27(32-31(33)38-25)22-11-7-5-8-12-22/h3,5-18,20,28H,1,4,19H2,2H3/b25-20-/t28-/m0/s1. The second-order valence-electron chi connectivity index (χ2n) is 8.51. The molecule has 0 saturated heterocycles. The van der Waals surface area contributed by atoms with Gasteiger partial charge >= 0.3 is 5.97 Å². The second-order valence-corrected chi connectivity index (χ2v) is 9.52. The van der Waals surface area contributed by atoms with E-state index in [1.807, 2.05) is 91.0 Å². The van der Waals surface area contributed by atoms with Crippen LogP contribution in [0, 0.1) is 0 Å². The molecule has 2 heterocycles. The van der Waals surface area contributed by atoms with Gasteiger partial charge in [0.05, 0.1) is 28.5 Å². The monoisotopic (exact) mass is 522 g/mol. The van der Waals surface area contributed by atoms with Crippen molar-refractivity contribution < 1.29 is 14.3 Å². The molecule has 0 amide bonds. The lowest BCUT2D eigenvalue weighted by Crippen LogP contribution is -2.39. The van der Waals surface area contributed by atoms with Gasteiger partial charge in [0.1, 0.15) is 12.4 Å². The first kappa shape index (κ1) is 25.2. The molecule has 1 aliphatic rings. The van der Waals surface area contributed by atoms with Crippen LogP contribution in [-0.2, 0) is 9.53 Å². The van der Waals surface area contributed by atoms with E-state index >= 15 is 0 Å². The molecule has 0 radical (unpaired) electrons. The fourth-order valence-electron chi connectivity index (χ4n) is 4.36. The smallest absolute Gasteiger partial charge is 0.338 e. The highest BCUT2D eigenvalue weighted by Crippen LogP contribution is 2.35. The van der Waals surface area contributed by atoms with Gasteiger partial charge in [-0.3, -0.25) is 9.36 Å². The van der Waals surface area contributed by atoms with E-state index in [0.29, 0.717) is 27.2 Å². The molecule has 38 heavy (non-hydrogen) atoms. The maximum Gasteiger partial charge on any atom is 0.338 e. The first-order valence-electron chi connectivity index (χ1n) is 12.3. The van der Waals surface area contributed by atoms with E-state index in [-0.39, 0.29) is 12.2 Å². The Bertz CT molecular complexity index is 1670. The third-order valence-electron chi connectivity index (χ3n) is 6.03. The molecule has 1 aromatic heterocycles. The molecule has 6 nitrogen and oxygen atoms in total. The van der Waals surface area contributed by atoms with Crippen LogP contribution in [0.4, 0.5) is 0 Å². The van der Waals surface area contributed by atoms with Gasteiger partial charge in [-0.15, -0.1) is 0 Å². The largest absolute Gasteiger partial charge is 0.490 e. The lowest BCUT2D eigenvalue weighted by molar-refractivity contribution is -0.138. The summed E-state index contributed by atoms with van der Waals surface area (Å²) in [5.74, 6) is 0.229. The number of nitrogens with zero attached hydrogens (tertiary/aromatic N) is 2. The average Bonchev–Trinajstić information content (AvgIpc) is 3.27. The van der Waals surface area contributed by atoms with Crippen LogP contribution in [0.2, 0.25) is 0 Å². The SMILES string of the molecule is C=CCOc1ccc(/C=c2\sc3n(c2=O)[C@@H](c2ccccc2)C(C(=O)OCC)=C(c2ccccc2)N=3)cc1. The molecule has 0 bridgehead atoms. The van der Waals surface area contributed by atoms with Crippen LogP contribution in [0.15, 0.2) is 113 Å². The van der Waals surface area contributed by atoms with E-state index in [1.54, 1.807) is 17.6 Å². The highest BCUT2D eigenvalue weighted by Gasteiger charge is 2.35. The Morgan fingerprint density at radius 2 is 1.71 bits per heavy atom. The van der Waals surface area contributed by atoms with Gasteiger partial charge in [0.2, 0.25) is 0 Å². The summed E-state index contributed by atoms with van der Waals surface area (Å²) in [5, 5.41) is 0. The minimum absolute atomic E-state index is 0.211. The minimum Gasteiger partial charge on any atom is -0.490 e. The zero-order valence-corrected chi connectivity index (χ0v) is 21.7. The van der Waals surface area contributed by atoms with Crippen LogP contribution in [0.1, 0.15) is 29.7 Å². The third-order valence-corrected chi connectivity index (χ3v) is 7.02. The summed E-state index contributed by atoms with van der Waals surface area (Å²) in [4.78, 5) is 32.6. The molecule has 7 heteroatoms. The fourth-order valence-corrected chi connectivity index (χ4v) is 5.36. The van der Waals surface area contributed by atoms with Crippen molar-refractivity contribution in [3.63, 3.8) is 0 Å². The molecule has 190 valence electrons. The van der Waals surface area contributed by atoms with Crippen LogP contribution < -0.4 is 19.6 Å². The molecule has 0 N–H and O–H groups in total. The van der Waals surface area contributed by atoms with Crippen molar-refractivity contribution in [3.8, 4) is 5.75 Å². The molecule has 0 spiro atoms. The quantitative estimate of drug-likeness (QED) is 0.252. The number of carbonyl (C=O) groups is 1. The van der Waals surface area contributed by atoms with Gasteiger partial charge in [0, 0.05) is 5.56 Å². The van der Waals surface area contributed by atoms with Crippen LogP contribution in [0.3, 0.4) is 0 Å². The maximum atomic E-state index is 13.9. The zero-order valence-electron chi connectivity index (χ0n) is 20.9. The van der Waals surface area contributed by atoms with Crippen molar-refractivity contribution >= 4 is 29.1 Å². The van der Waals surface area contributed by atoms with Crippen LogP contribution >= 0.6 is 11.3 Å². The van der Waals surface area contributed by atoms with Gasteiger partial charge in [0.15, 0.2) is 4.80 Å². The highest BCUT2D eigenvalue weighted by atomic mass is 32.1. The van der Waals surface area contributed by atoms with E-state index in [0.717, 1.165) is 22.4 Å². The molecule has 4 aromatic rings. The summed E-state index contributed by atoms with van der Waals surface area (Å²) < 4.78 is 13.2. The number of benzene rings is 3. The predicted molar refractivity (Wildman–Crippen MR) is 150 cm³/mol. The second kappa shape index (κ2) is 11.3. The number of aromatic nitrogens is 1. The summed E-state index contributed by atoms with van der Waals surface area (Å²) in [6.07, 6.45) is 3.52. The normalized spacial score (nSPS) is 15.0. The lowest BCUT2D eigenvalue weighted by atomic mass is 9.93. The summed E-state index contributed by atoms with van der Waals surface area (Å²) in [5.41, 5.74) is 3.06. The Hall–Kier alpha value is -4.49. The Morgan fingerprint density at radius 1 is 1.03 bits per heavy atom. The van der Waals surface area contributed by atoms with Crippen molar-refractivity contribution in [3.05, 3.63) is 140 Å². The molecular formula is C31H26N2O4S. The molecule has 0 saturated carbocycles. The van der Waals surface area contributed by atoms with Crippen molar-refractivity contribution in [2.24, 2.45) is 4.99 Å². The molecule has 3 aromatic carbocycles. The zero-order chi connectivity index (χ0) is 26.5. The van der Waals surface area contributed by atoms with E-state index in [9.17, 15) is 9.59 Å². The molecule has 0 fully saturated rings. The number of ether oxygens (including phenoxy) is 2. The van der Waals surface area contributed by atoms with Crippen LogP contribution in [-0.4, -0.2) is 23.8 Å². The van der Waals surface area contributed by atoms with Gasteiger partial charge in [-0.25, -0.2) is 9.79 Å². The van der Waals surface area contributed by atoms with E-state index in [1.165, 1.54) is 11.3 Å². The van der Waals surface area contributed by atoms with E-state index in [2.05, 4.69) is 6.58 Å². The van der Waals surface area contributed by atoms with Crippen molar-refractivity contribution in [2.75, 3.05) is 13.2 Å². The fraction of sp³-hybridized carbons (Fsp3) is 0.129. The van der Waals surface area contributed by atoms with Gasteiger partial charge < -0.3 is 9.47 Å². The third kappa shape index (κ3) is 5.01. The van der Waals surface area contributed by atoms with E-state index < -0.39 is 12.0 Å². The lowest BCUT2D eigenvalue weighted by Gasteiger charge is -2.25. The molecule has 0 aliphatic carbocycles. The molecule has 1 atom stereocenters. The van der Waals surface area contributed by atoms with Crippen LogP contribution in [0.5, 0.6) is 5.75 Å². The summed E-state index contributed by atoms with van der Waals surface area (Å²) in [7, 11) is 0. The van der Waals surface area contributed by atoms with Gasteiger partial charge in [0.25, 0.3) is 5.56 Å². The van der Waals surface area contributed by atoms with E-state index in [4.69, 9.17) is 14.5 Å². The maximum absolute atomic E-state index is 13.9. The number of fused-ring (bicyclic) bond motifs is 1. The highest BCUT2D eigenvalue weighted by molar-refractivity contribution is 7.07. The summed E-state index contributed by atoms with van der Waals surface area (Å²) in [6, 6.07) is 25.9. The van der Waals surface area contributed by atoms with Crippen molar-refractivity contribution in [2.45, 2.75) is 13.0 Å². The van der Waals surface area contributed by atoms with Gasteiger partial charge in [-0.2, -0.15) is 0 Å². The number of thiazole rings is 1. The molecule has 5 rings (SSSR count). The number of esters is 1. The molecule has 0 unspecified atom stereocenters. The topological polar surface area (TPSA) is 69.9 Å². The summed E-state index contributed by atoms with van der Waals surface area (Å²) in [6.45, 7) is 6.06. The average molecular weight is 523 g/mol. The van der Waals surface area contributed by atoms with Gasteiger partial charge in [-0.05, 0) is 36.3 Å². The first-order chi connectivity index (χ1) is 18.6. The number of hydrogen-bond donors (Lipinski definition) is 0. The Morgan fingerprint density at radius 3 is 2.37 bits per heavy atom. The Balaban J connectivity index is 1.72. The number of rotatable bonds is 8. The molecular weight excluding hydrogens is 496 g/mol. The summed E-state index contributed by atoms with van der Waals surface area (Å²) >= 11 is 1.30. The Kier molecular flexibility index (Phi) is 7.47. The van der Waals surface area contributed by atoms with Crippen LogP contribution in [0.25, 0.3) is 11.8 Å². The van der Waals surface area contributed by atoms with Gasteiger partial charge in [-0.1, -0.05) is 96.8 Å². The Labute approximate surface area is 224 Å². The minimum atomic E-state index is -0.682.